The lowest BCUT2D eigenvalue weighted by atomic mass is 9.93. The summed E-state index contributed by atoms with van der Waals surface area (Å²) in [5.41, 5.74) is 3.64. The number of hydrogen-bond donors (Lipinski definition) is 0. The molecule has 3 aromatic heterocycles. The molecule has 8 nitrogen and oxygen atoms in total. The van der Waals surface area contributed by atoms with E-state index in [1.807, 2.05) is 58.1 Å². The van der Waals surface area contributed by atoms with Crippen LogP contribution in [-0.4, -0.2) is 49.3 Å². The Morgan fingerprint density at radius 3 is 2.49 bits per heavy atom. The number of anilines is 1. The van der Waals surface area contributed by atoms with E-state index in [9.17, 15) is 12.6 Å². The molecule has 0 unspecified atom stereocenters. The summed E-state index contributed by atoms with van der Waals surface area (Å²) in [6.07, 6.45) is 11.6. The molecular formula is C28H31BrF2N6O2S2. The number of ether oxygens (including phenoxy) is 1. The van der Waals surface area contributed by atoms with Gasteiger partial charge >= 0.3 is 6.09 Å². The van der Waals surface area contributed by atoms with Gasteiger partial charge in [0.1, 0.15) is 5.60 Å². The number of hydrogen-bond acceptors (Lipinski definition) is 8. The van der Waals surface area contributed by atoms with E-state index >= 15 is 0 Å². The van der Waals surface area contributed by atoms with E-state index in [1.54, 1.807) is 23.4 Å². The van der Waals surface area contributed by atoms with Crippen LogP contribution in [0.15, 0.2) is 59.9 Å². The first-order chi connectivity index (χ1) is 19.6. The molecule has 1 saturated heterocycles. The maximum absolute atomic E-state index is 13.9. The second-order valence-corrected chi connectivity index (χ2v) is 12.4. The molecule has 41 heavy (non-hydrogen) atoms. The fraction of sp³-hybridized carbons (Fsp3) is 0.357. The zero-order valence-corrected chi connectivity index (χ0v) is 26.4. The number of allylic oxidation sites excluding steroid dienone is 5. The molecule has 4 heterocycles. The fourth-order valence-corrected chi connectivity index (χ4v) is 6.12. The predicted octanol–water partition coefficient (Wildman–Crippen LogP) is 8.69. The summed E-state index contributed by atoms with van der Waals surface area (Å²) in [6, 6.07) is 3.81. The van der Waals surface area contributed by atoms with Crippen LogP contribution in [0, 0.1) is 0 Å². The Kier molecular flexibility index (Phi) is 10.1. The lowest BCUT2D eigenvalue weighted by molar-refractivity contribution is 0.0204. The number of amides is 1. The Bertz CT molecular complexity index is 1460. The average molecular weight is 666 g/mol. The van der Waals surface area contributed by atoms with Crippen LogP contribution in [0.4, 0.5) is 18.4 Å². The topological polar surface area (TPSA) is 75.9 Å². The molecule has 1 aliphatic heterocycles. The van der Waals surface area contributed by atoms with Gasteiger partial charge < -0.3 is 9.64 Å². The van der Waals surface area contributed by atoms with E-state index in [4.69, 9.17) is 9.72 Å². The standard InChI is InChI=1S/C28H31BrF2N6O2S2/c1-6-8-9-18(7-2)22-11-10-20(16-32-22)21-17-33-36-25(21)34-24(23(29)26(36)37(40-30)41-31)19-12-14-35(15-13-19)27(38)39-28(3,4)5/h6-11,16-17,19H,1,12-15H2,2-5H3/b9-8-,18-7+. The van der Waals surface area contributed by atoms with Crippen molar-refractivity contribution in [3.05, 3.63) is 71.3 Å². The smallest absolute Gasteiger partial charge is 0.410 e. The molecule has 4 rings (SSSR count). The van der Waals surface area contributed by atoms with Crippen LogP contribution in [0.1, 0.15) is 57.8 Å². The molecule has 0 spiro atoms. The van der Waals surface area contributed by atoms with E-state index in [0.717, 1.165) is 20.5 Å². The average Bonchev–Trinajstić information content (AvgIpc) is 3.38. The van der Waals surface area contributed by atoms with Crippen LogP contribution >= 0.6 is 40.6 Å². The van der Waals surface area contributed by atoms with Crippen molar-refractivity contribution in [2.45, 2.75) is 52.1 Å². The van der Waals surface area contributed by atoms with Crippen LogP contribution in [0.3, 0.4) is 0 Å². The third-order valence-electron chi connectivity index (χ3n) is 6.52. The van der Waals surface area contributed by atoms with E-state index in [1.165, 1.54) is 4.52 Å². The van der Waals surface area contributed by atoms with E-state index < -0.39 is 5.60 Å². The van der Waals surface area contributed by atoms with Crippen LogP contribution in [-0.2, 0) is 4.74 Å². The highest BCUT2D eigenvalue weighted by Crippen LogP contribution is 2.43. The molecule has 0 radical (unpaired) electrons. The zero-order chi connectivity index (χ0) is 29.7. The van der Waals surface area contributed by atoms with E-state index in [0.29, 0.717) is 47.3 Å². The minimum absolute atomic E-state index is 0.0694. The summed E-state index contributed by atoms with van der Waals surface area (Å²) >= 11 is 3.04. The largest absolute Gasteiger partial charge is 0.444 e. The predicted molar refractivity (Wildman–Crippen MR) is 167 cm³/mol. The molecule has 0 bridgehead atoms. The van der Waals surface area contributed by atoms with Crippen molar-refractivity contribution < 1.29 is 17.3 Å². The Hall–Kier alpha value is -2.90. The first kappa shape index (κ1) is 31.0. The van der Waals surface area contributed by atoms with Gasteiger partial charge in [-0.05, 0) is 68.1 Å². The molecule has 3 aromatic rings. The summed E-state index contributed by atoms with van der Waals surface area (Å²) < 4.78 is 35.9. The molecule has 218 valence electrons. The van der Waals surface area contributed by atoms with Gasteiger partial charge in [0.15, 0.2) is 36.1 Å². The maximum atomic E-state index is 13.9. The van der Waals surface area contributed by atoms with Gasteiger partial charge in [0, 0.05) is 36.3 Å². The van der Waals surface area contributed by atoms with Gasteiger partial charge in [0.05, 0.1) is 22.1 Å². The van der Waals surface area contributed by atoms with Gasteiger partial charge in [-0.2, -0.15) is 13.3 Å². The minimum atomic E-state index is -0.585. The van der Waals surface area contributed by atoms with E-state index in [2.05, 4.69) is 32.6 Å². The quantitative estimate of drug-likeness (QED) is 0.175. The number of carbonyl (C=O) groups excluding carboxylic acids is 1. The lowest BCUT2D eigenvalue weighted by Gasteiger charge is -2.33. The van der Waals surface area contributed by atoms with Crippen LogP contribution < -0.4 is 3.71 Å². The number of piperidine rings is 1. The normalized spacial score (nSPS) is 15.1. The molecule has 1 amide bonds. The maximum Gasteiger partial charge on any atom is 0.410 e. The molecule has 0 saturated carbocycles. The number of likely N-dealkylation sites (tertiary alicyclic amines) is 1. The molecule has 1 fully saturated rings. The second kappa shape index (κ2) is 13.4. The first-order valence-corrected chi connectivity index (χ1v) is 15.1. The van der Waals surface area contributed by atoms with Gasteiger partial charge in [0.2, 0.25) is 0 Å². The lowest BCUT2D eigenvalue weighted by Crippen LogP contribution is -2.41. The third-order valence-corrected chi connectivity index (χ3v) is 8.21. The molecule has 0 aliphatic carbocycles. The molecule has 0 N–H and O–H groups in total. The summed E-state index contributed by atoms with van der Waals surface area (Å²) in [5, 5.41) is 4.43. The summed E-state index contributed by atoms with van der Waals surface area (Å²) in [4.78, 5) is 23.8. The van der Waals surface area contributed by atoms with Crippen molar-refractivity contribution in [1.29, 1.82) is 0 Å². The Labute approximate surface area is 255 Å². The van der Waals surface area contributed by atoms with Crippen molar-refractivity contribution in [3.8, 4) is 11.1 Å². The molecule has 13 heteroatoms. The van der Waals surface area contributed by atoms with Gasteiger partial charge in [-0.3, -0.25) is 4.98 Å². The highest BCUT2D eigenvalue weighted by Gasteiger charge is 2.32. The monoisotopic (exact) mass is 664 g/mol. The van der Waals surface area contributed by atoms with Crippen LogP contribution in [0.5, 0.6) is 0 Å². The molecular weight excluding hydrogens is 634 g/mol. The third kappa shape index (κ3) is 6.95. The Morgan fingerprint density at radius 1 is 1.22 bits per heavy atom. The number of halogens is 3. The van der Waals surface area contributed by atoms with Gasteiger partial charge in [0.25, 0.3) is 0 Å². The molecule has 1 aliphatic rings. The Morgan fingerprint density at radius 2 is 1.93 bits per heavy atom. The molecule has 0 atom stereocenters. The van der Waals surface area contributed by atoms with E-state index in [-0.39, 0.29) is 42.5 Å². The number of carbonyl (C=O) groups is 1. The van der Waals surface area contributed by atoms with Crippen molar-refractivity contribution in [2.24, 2.45) is 0 Å². The van der Waals surface area contributed by atoms with Crippen molar-refractivity contribution in [3.63, 3.8) is 0 Å². The highest BCUT2D eigenvalue weighted by molar-refractivity contribution is 9.10. The van der Waals surface area contributed by atoms with Crippen molar-refractivity contribution in [2.75, 3.05) is 16.8 Å². The second-order valence-electron chi connectivity index (χ2n) is 10.3. The SMILES string of the molecule is C=C/C=C\C(=C/C)c1ccc(-c2cnn3c(N(SF)SF)c(Br)c(C4CCN(C(=O)OC(C)(C)C)CC4)nc23)cn1. The number of nitrogens with zero attached hydrogens (tertiary/aromatic N) is 6. The molecule has 0 aromatic carbocycles. The van der Waals surface area contributed by atoms with Gasteiger partial charge in [-0.1, -0.05) is 36.9 Å². The van der Waals surface area contributed by atoms with Crippen LogP contribution in [0.25, 0.3) is 22.3 Å². The summed E-state index contributed by atoms with van der Waals surface area (Å²) in [6.45, 7) is 12.1. The summed E-state index contributed by atoms with van der Waals surface area (Å²) in [7, 11) is 0. The number of fused-ring (bicyclic) bond motifs is 1. The Balaban J connectivity index is 1.72. The first-order valence-electron chi connectivity index (χ1n) is 13.0. The van der Waals surface area contributed by atoms with Gasteiger partial charge in [-0.25, -0.2) is 9.78 Å². The van der Waals surface area contributed by atoms with Crippen molar-refractivity contribution in [1.82, 2.24) is 24.5 Å². The number of aromatic nitrogens is 4. The van der Waals surface area contributed by atoms with Crippen molar-refractivity contribution >= 4 is 63.7 Å². The van der Waals surface area contributed by atoms with Crippen LogP contribution in [0.2, 0.25) is 0 Å². The fourth-order valence-electron chi connectivity index (χ4n) is 4.57. The highest BCUT2D eigenvalue weighted by atomic mass is 79.9. The zero-order valence-electron chi connectivity index (χ0n) is 23.2. The number of pyridine rings is 1. The summed E-state index contributed by atoms with van der Waals surface area (Å²) in [5.74, 6) is 0.0983. The number of rotatable bonds is 8. The van der Waals surface area contributed by atoms with Gasteiger partial charge in [-0.15, -0.1) is 7.77 Å². The minimum Gasteiger partial charge on any atom is -0.444 e.